The Morgan fingerprint density at radius 3 is 0.952 bits per heavy atom. The van der Waals surface area contributed by atoms with E-state index in [1.165, 1.54) is 0 Å². The van der Waals surface area contributed by atoms with Gasteiger partial charge in [-0.25, -0.2) is 39.5 Å². The highest BCUT2D eigenvalue weighted by Gasteiger charge is 2.24. The number of hydrogen-bond donors (Lipinski definition) is 16. The molecule has 0 amide bonds. The molecule has 0 unspecified atom stereocenters. The van der Waals surface area contributed by atoms with E-state index < -0.39 is 206 Å². The summed E-state index contributed by atoms with van der Waals surface area (Å²) in [5.41, 5.74) is -7.82. The minimum absolute atomic E-state index is 0.444. The summed E-state index contributed by atoms with van der Waals surface area (Å²) in [7, 11) is -31.2. The molecule has 0 bridgehead atoms. The molecule has 0 spiro atoms. The van der Waals surface area contributed by atoms with Crippen molar-refractivity contribution in [2.75, 3.05) is 0 Å². The molecule has 4 aromatic carbocycles. The van der Waals surface area contributed by atoms with Crippen LogP contribution in [0.25, 0.3) is 12.2 Å². The van der Waals surface area contributed by atoms with Gasteiger partial charge in [-0.3, -0.25) is 66.8 Å². The van der Waals surface area contributed by atoms with Gasteiger partial charge in [-0.15, -0.1) is 0 Å². The third kappa shape index (κ3) is 17.2. The van der Waals surface area contributed by atoms with Crippen LogP contribution in [0.1, 0.15) is 24.0 Å². The highest BCUT2D eigenvalue weighted by Crippen LogP contribution is 2.30. The second-order valence-corrected chi connectivity index (χ2v) is 24.7. The molecule has 0 fully saturated rings. The lowest BCUT2D eigenvalue weighted by Crippen LogP contribution is -2.38. The molecule has 38 nitrogen and oxygen atoms in total. The highest BCUT2D eigenvalue weighted by atomic mass is 32.2. The molecule has 0 aliphatic heterocycles. The van der Waals surface area contributed by atoms with E-state index in [-0.39, 0.29) is 0 Å². The first kappa shape index (κ1) is 64.0. The van der Waals surface area contributed by atoms with Crippen LogP contribution in [0.15, 0.2) is 132 Å². The Morgan fingerprint density at radius 2 is 0.679 bits per heavy atom. The van der Waals surface area contributed by atoms with Crippen molar-refractivity contribution in [2.24, 2.45) is 30.0 Å². The van der Waals surface area contributed by atoms with Crippen molar-refractivity contribution in [3.8, 4) is 0 Å². The third-order valence-corrected chi connectivity index (χ3v) is 15.6. The predicted molar refractivity (Wildman–Crippen MR) is 272 cm³/mol. The Kier molecular flexibility index (Phi) is 18.5. The minimum Gasteiger partial charge on any atom is -0.481 e. The van der Waals surface area contributed by atoms with E-state index in [2.05, 4.69) is 59.9 Å². The van der Waals surface area contributed by atoms with E-state index in [0.29, 0.717) is 48.5 Å². The Bertz CT molecular complexity index is 4650. The first-order chi connectivity index (χ1) is 38.6. The maximum atomic E-state index is 12.8. The molecule has 16 N–H and O–H groups in total. The molecule has 0 aliphatic rings. The van der Waals surface area contributed by atoms with Crippen molar-refractivity contribution in [2.45, 2.75) is 54.3 Å². The van der Waals surface area contributed by atoms with Crippen LogP contribution in [0, 0.1) is 0 Å². The Hall–Kier alpha value is -9.22. The normalized spacial score (nSPS) is 14.9. The standard InChI is InChI=1S/C40H36N12O26S6/c53-31(54)15-25(33(57)58)45-39-49-35(47-37(51-39)43-23-13-21(79(61,62)63)7-9-27(23)81(67,68)69)41-19-5-3-17(29(11-19)83(73,74)75)1-2-18-4-6-20(12-30(18)84(76,77)78)42-36-48-38(52-40(50-36)46-26(34(59)60)16-32(55)56)44-24-14-22(80(64,65)66)8-10-28(24)82(70,71)72/h1-14,25-26H,15-16H2,(H,53,54)(H,55,56)(H,57,58)(H,59,60)(H,61,62,63)(H,64,65,66)(H,67,68,69)(H,70,71,72)(H,73,74,75)(H,76,77,78)(H3,41,43,45,47,49,51)(H3,42,44,46,48,50,52)/b2-1+/t25-,26-/m0/s1. The zero-order valence-corrected chi connectivity index (χ0v) is 45.7. The van der Waals surface area contributed by atoms with Crippen LogP contribution in [-0.2, 0) is 79.9 Å². The van der Waals surface area contributed by atoms with Crippen LogP contribution in [0.3, 0.4) is 0 Å². The lowest BCUT2D eigenvalue weighted by molar-refractivity contribution is -0.145. The predicted octanol–water partition coefficient (Wildman–Crippen LogP) is -2.11. The van der Waals surface area contributed by atoms with Gasteiger partial charge in [0.25, 0.3) is 60.7 Å². The van der Waals surface area contributed by atoms with Crippen molar-refractivity contribution in [1.82, 2.24) is 29.9 Å². The molecule has 6 aromatic rings. The Balaban J connectivity index is 1.53. The first-order valence-corrected chi connectivity index (χ1v) is 30.4. The monoisotopic (exact) mass is 1290 g/mol. The molecule has 448 valence electrons. The zero-order chi connectivity index (χ0) is 62.7. The number of hydrogen-bond acceptors (Lipinski definition) is 22. The van der Waals surface area contributed by atoms with E-state index in [0.717, 1.165) is 36.4 Å². The summed E-state index contributed by atoms with van der Waals surface area (Å²) in [4.78, 5) is 78.1. The number of nitrogens with zero attached hydrogens (tertiary/aromatic N) is 6. The summed E-state index contributed by atoms with van der Waals surface area (Å²) in [6.45, 7) is 0. The van der Waals surface area contributed by atoms with Gasteiger partial charge >= 0.3 is 23.9 Å². The maximum absolute atomic E-state index is 12.8. The molecule has 2 atom stereocenters. The first-order valence-electron chi connectivity index (χ1n) is 21.7. The van der Waals surface area contributed by atoms with Gasteiger partial charge in [0.15, 0.2) is 12.1 Å². The summed E-state index contributed by atoms with van der Waals surface area (Å²) < 4.78 is 207. The van der Waals surface area contributed by atoms with Crippen LogP contribution in [-0.4, -0.2) is 164 Å². The lowest BCUT2D eigenvalue weighted by Gasteiger charge is -2.07. The average Bonchev–Trinajstić information content (AvgIpc) is 3.43. The molecule has 0 saturated heterocycles. The highest BCUT2D eigenvalue weighted by molar-refractivity contribution is 7.87. The SMILES string of the molecule is O=C(O)C[C@H](N=c1[nH]c(=Nc2ccc(/C=C/c3ccc(N=c4[nH]c(=Nc5cc(S(=O)(=O)O)ccc5S(=O)(=O)O)[nH]c(=N[C@@H](CC(=O)O)C(=O)O)[nH]4)cc3S(=O)(=O)O)c(S(=O)(=O)O)c2)[nH]c(=Nc2cc(S(=O)(=O)O)ccc2S(=O)(=O)O)[nH]1)C(=O)O. The van der Waals surface area contributed by atoms with Crippen LogP contribution in [0.4, 0.5) is 22.7 Å². The Labute approximate surface area is 466 Å². The van der Waals surface area contributed by atoms with Crippen molar-refractivity contribution < 1.29 is 117 Å². The molecular formula is C40H36N12O26S6. The Morgan fingerprint density at radius 1 is 0.381 bits per heavy atom. The number of aliphatic carboxylic acids is 4. The van der Waals surface area contributed by atoms with Crippen molar-refractivity contribution in [1.29, 1.82) is 0 Å². The molecule has 2 aromatic heterocycles. The fourth-order valence-electron chi connectivity index (χ4n) is 6.74. The smallest absolute Gasteiger partial charge is 0.329 e. The number of aromatic amines is 6. The van der Waals surface area contributed by atoms with Crippen molar-refractivity contribution in [3.63, 3.8) is 0 Å². The number of benzene rings is 4. The average molecular weight is 1290 g/mol. The van der Waals surface area contributed by atoms with E-state index >= 15 is 0 Å². The second kappa shape index (κ2) is 24.3. The number of rotatable bonds is 20. The minimum atomic E-state index is -5.32. The fraction of sp³-hybridized carbons (Fsp3) is 0.100. The number of H-pyrrole nitrogens is 6. The summed E-state index contributed by atoms with van der Waals surface area (Å²) in [5, 5.41) is 37.8. The molecule has 44 heteroatoms. The summed E-state index contributed by atoms with van der Waals surface area (Å²) in [5.74, 6) is -6.91. The molecule has 6 rings (SSSR count). The van der Waals surface area contributed by atoms with Crippen LogP contribution in [0.2, 0.25) is 0 Å². The molecule has 0 radical (unpaired) electrons. The van der Waals surface area contributed by atoms with Gasteiger partial charge < -0.3 is 20.4 Å². The van der Waals surface area contributed by atoms with E-state index in [1.54, 1.807) is 0 Å². The number of carboxylic acid groups (broad SMARTS) is 4. The quantitative estimate of drug-likeness (QED) is 0.0287. The summed E-state index contributed by atoms with van der Waals surface area (Å²) >= 11 is 0. The zero-order valence-electron chi connectivity index (χ0n) is 40.8. The molecule has 0 saturated carbocycles. The summed E-state index contributed by atoms with van der Waals surface area (Å²) in [6, 6.07) is 4.35. The molecule has 84 heavy (non-hydrogen) atoms. The van der Waals surface area contributed by atoms with Gasteiger partial charge in [0, 0.05) is 0 Å². The largest absolute Gasteiger partial charge is 0.481 e. The van der Waals surface area contributed by atoms with Gasteiger partial charge in [0.2, 0.25) is 33.7 Å². The molecule has 0 aliphatic carbocycles. The van der Waals surface area contributed by atoms with Gasteiger partial charge in [0.05, 0.1) is 45.4 Å². The van der Waals surface area contributed by atoms with Gasteiger partial charge in [0.1, 0.15) is 19.6 Å². The van der Waals surface area contributed by atoms with E-state index in [4.69, 9.17) is 0 Å². The molecule has 2 heterocycles. The van der Waals surface area contributed by atoms with Crippen molar-refractivity contribution in [3.05, 3.63) is 118 Å². The van der Waals surface area contributed by atoms with E-state index in [1.807, 2.05) is 0 Å². The van der Waals surface area contributed by atoms with Crippen LogP contribution >= 0.6 is 0 Å². The number of carboxylic acids is 4. The second-order valence-electron chi connectivity index (χ2n) is 16.3. The fourth-order valence-corrected chi connectivity index (χ4v) is 10.4. The van der Waals surface area contributed by atoms with Crippen molar-refractivity contribution >= 4 is 119 Å². The van der Waals surface area contributed by atoms with Gasteiger partial charge in [-0.1, -0.05) is 24.3 Å². The topological polar surface area (TPSA) is 644 Å². The molecular weight excluding hydrogens is 1260 g/mol. The third-order valence-electron chi connectivity index (χ3n) is 10.2. The maximum Gasteiger partial charge on any atom is 0.329 e. The summed E-state index contributed by atoms with van der Waals surface area (Å²) in [6.07, 6.45) is -0.490. The van der Waals surface area contributed by atoms with Crippen LogP contribution in [0.5, 0.6) is 0 Å². The lowest BCUT2D eigenvalue weighted by atomic mass is 10.1. The van der Waals surface area contributed by atoms with Crippen LogP contribution < -0.4 is 33.7 Å². The number of aromatic nitrogens is 6. The number of nitrogens with one attached hydrogen (secondary N) is 6. The van der Waals surface area contributed by atoms with Gasteiger partial charge in [-0.05, 0) is 71.8 Å². The van der Waals surface area contributed by atoms with E-state index in [9.17, 15) is 117 Å². The van der Waals surface area contributed by atoms with Gasteiger partial charge in [-0.2, -0.15) is 50.5 Å². The number of carbonyl (C=O) groups is 4.